The molecule has 29 heavy (non-hydrogen) atoms. The van der Waals surface area contributed by atoms with Crippen LogP contribution in [0.2, 0.25) is 0 Å². The number of rotatable bonds is 11. The Hall–Kier alpha value is -1.94. The Morgan fingerprint density at radius 1 is 1.14 bits per heavy atom. The molecule has 7 nitrogen and oxygen atoms in total. The highest BCUT2D eigenvalue weighted by atomic mass is 32.2. The first kappa shape index (κ1) is 23.3. The van der Waals surface area contributed by atoms with Crippen LogP contribution in [0.3, 0.4) is 0 Å². The molecule has 0 radical (unpaired) electrons. The number of sulfonamides is 1. The topological polar surface area (TPSA) is 91.8 Å². The van der Waals surface area contributed by atoms with E-state index in [0.29, 0.717) is 25.7 Å². The van der Waals surface area contributed by atoms with Crippen molar-refractivity contribution in [2.75, 3.05) is 26.8 Å². The zero-order valence-electron chi connectivity index (χ0n) is 17.2. The predicted molar refractivity (Wildman–Crippen MR) is 119 cm³/mol. The van der Waals surface area contributed by atoms with Gasteiger partial charge >= 0.3 is 0 Å². The number of nitrogens with one attached hydrogen (secondary N) is 3. The number of benzene rings is 1. The number of guanidine groups is 1. The molecule has 0 saturated heterocycles. The van der Waals surface area contributed by atoms with E-state index in [1.54, 1.807) is 29.5 Å². The molecule has 0 amide bonds. The van der Waals surface area contributed by atoms with Crippen molar-refractivity contribution in [2.45, 2.75) is 38.3 Å². The standard InChI is InChI=1S/C20H30N4O3S2/c1-4-17-9-10-18(28-17)15-23-20(21-5-2)22-14-16-7-6-8-19(13-16)29(25,26)24-11-12-27-3/h6-10,13,24H,4-5,11-12,14-15H2,1-3H3,(H2,21,22,23). The smallest absolute Gasteiger partial charge is 0.240 e. The number of hydrogen-bond acceptors (Lipinski definition) is 5. The van der Waals surface area contributed by atoms with Crippen LogP contribution >= 0.6 is 11.3 Å². The van der Waals surface area contributed by atoms with Gasteiger partial charge in [-0.05, 0) is 43.2 Å². The predicted octanol–water partition coefficient (Wildman–Crippen LogP) is 2.49. The van der Waals surface area contributed by atoms with Gasteiger partial charge in [-0.2, -0.15) is 0 Å². The van der Waals surface area contributed by atoms with E-state index in [0.717, 1.165) is 18.5 Å². The third kappa shape index (κ3) is 7.77. The van der Waals surface area contributed by atoms with Gasteiger partial charge in [0.2, 0.25) is 10.0 Å². The molecule has 0 unspecified atom stereocenters. The van der Waals surface area contributed by atoms with E-state index in [1.807, 2.05) is 13.0 Å². The minimum absolute atomic E-state index is 0.227. The summed E-state index contributed by atoms with van der Waals surface area (Å²) in [6.45, 7) is 6.54. The first-order chi connectivity index (χ1) is 14.0. The van der Waals surface area contributed by atoms with Crippen molar-refractivity contribution in [2.24, 2.45) is 4.99 Å². The Kier molecular flexibility index (Phi) is 9.59. The maximum absolute atomic E-state index is 12.4. The summed E-state index contributed by atoms with van der Waals surface area (Å²) < 4.78 is 32.1. The SMILES string of the molecule is CCNC(=NCc1cccc(S(=O)(=O)NCCOC)c1)NCc1ccc(CC)s1. The number of nitrogens with zero attached hydrogens (tertiary/aromatic N) is 1. The van der Waals surface area contributed by atoms with Crippen LogP contribution in [0.25, 0.3) is 0 Å². The molecule has 1 aromatic carbocycles. The first-order valence-electron chi connectivity index (χ1n) is 9.65. The Labute approximate surface area is 177 Å². The quantitative estimate of drug-likeness (QED) is 0.285. The monoisotopic (exact) mass is 438 g/mol. The zero-order chi connectivity index (χ0) is 21.1. The van der Waals surface area contributed by atoms with Gasteiger partial charge in [-0.3, -0.25) is 0 Å². The normalized spacial score (nSPS) is 12.2. The van der Waals surface area contributed by atoms with Crippen LogP contribution < -0.4 is 15.4 Å². The number of ether oxygens (including phenoxy) is 1. The van der Waals surface area contributed by atoms with E-state index in [-0.39, 0.29) is 11.4 Å². The number of aliphatic imine (C=N–C) groups is 1. The van der Waals surface area contributed by atoms with Gasteiger partial charge in [0.15, 0.2) is 5.96 Å². The zero-order valence-corrected chi connectivity index (χ0v) is 18.8. The summed E-state index contributed by atoms with van der Waals surface area (Å²) in [5, 5.41) is 6.55. The van der Waals surface area contributed by atoms with Crippen molar-refractivity contribution in [3.63, 3.8) is 0 Å². The largest absolute Gasteiger partial charge is 0.383 e. The third-order valence-corrected chi connectivity index (χ3v) is 6.76. The maximum Gasteiger partial charge on any atom is 0.240 e. The average Bonchev–Trinajstić information content (AvgIpc) is 3.18. The molecule has 0 aliphatic carbocycles. The minimum atomic E-state index is -3.56. The van der Waals surface area contributed by atoms with E-state index in [4.69, 9.17) is 4.74 Å². The van der Waals surface area contributed by atoms with Crippen molar-refractivity contribution in [3.8, 4) is 0 Å². The van der Waals surface area contributed by atoms with E-state index in [2.05, 4.69) is 39.4 Å². The van der Waals surface area contributed by atoms with Crippen molar-refractivity contribution in [3.05, 3.63) is 51.7 Å². The van der Waals surface area contributed by atoms with Crippen molar-refractivity contribution >= 4 is 27.3 Å². The van der Waals surface area contributed by atoms with Gasteiger partial charge in [0.05, 0.1) is 24.6 Å². The molecule has 0 aliphatic rings. The molecule has 0 atom stereocenters. The van der Waals surface area contributed by atoms with E-state index < -0.39 is 10.0 Å². The molecule has 1 aromatic heterocycles. The Morgan fingerprint density at radius 3 is 2.62 bits per heavy atom. The minimum Gasteiger partial charge on any atom is -0.383 e. The van der Waals surface area contributed by atoms with E-state index in [1.165, 1.54) is 16.9 Å². The summed E-state index contributed by atoms with van der Waals surface area (Å²) in [4.78, 5) is 7.43. The van der Waals surface area contributed by atoms with Crippen molar-refractivity contribution < 1.29 is 13.2 Å². The summed E-state index contributed by atoms with van der Waals surface area (Å²) >= 11 is 1.79. The highest BCUT2D eigenvalue weighted by molar-refractivity contribution is 7.89. The summed E-state index contributed by atoms with van der Waals surface area (Å²) in [6.07, 6.45) is 1.04. The van der Waals surface area contributed by atoms with Gasteiger partial charge in [-0.1, -0.05) is 19.1 Å². The molecule has 0 saturated carbocycles. The molecule has 2 aromatic rings. The van der Waals surface area contributed by atoms with Gasteiger partial charge in [0, 0.05) is 30.0 Å². The van der Waals surface area contributed by atoms with Gasteiger partial charge in [-0.15, -0.1) is 11.3 Å². The second kappa shape index (κ2) is 11.9. The number of aryl methyl sites for hydroxylation is 1. The lowest BCUT2D eigenvalue weighted by molar-refractivity contribution is 0.204. The van der Waals surface area contributed by atoms with Crippen LogP contribution in [-0.4, -0.2) is 41.2 Å². The van der Waals surface area contributed by atoms with Gasteiger partial charge in [-0.25, -0.2) is 18.1 Å². The second-order valence-corrected chi connectivity index (χ2v) is 9.33. The molecule has 0 spiro atoms. The fraction of sp³-hybridized carbons (Fsp3) is 0.450. The third-order valence-electron chi connectivity index (χ3n) is 4.07. The molecule has 160 valence electrons. The number of methoxy groups -OCH3 is 1. The number of hydrogen-bond donors (Lipinski definition) is 3. The summed E-state index contributed by atoms with van der Waals surface area (Å²) in [5.74, 6) is 0.699. The van der Waals surface area contributed by atoms with E-state index >= 15 is 0 Å². The Morgan fingerprint density at radius 2 is 1.93 bits per heavy atom. The second-order valence-electron chi connectivity index (χ2n) is 6.31. The fourth-order valence-electron chi connectivity index (χ4n) is 2.56. The maximum atomic E-state index is 12.4. The summed E-state index contributed by atoms with van der Waals surface area (Å²) in [7, 11) is -2.03. The molecule has 3 N–H and O–H groups in total. The van der Waals surface area contributed by atoms with E-state index in [9.17, 15) is 8.42 Å². The average molecular weight is 439 g/mol. The van der Waals surface area contributed by atoms with Crippen molar-refractivity contribution in [1.82, 2.24) is 15.4 Å². The molecule has 0 bridgehead atoms. The van der Waals surface area contributed by atoms with Crippen LogP contribution in [0.4, 0.5) is 0 Å². The highest BCUT2D eigenvalue weighted by Gasteiger charge is 2.13. The van der Waals surface area contributed by atoms with Crippen LogP contribution in [0.15, 0.2) is 46.3 Å². The molecular formula is C20H30N4O3S2. The van der Waals surface area contributed by atoms with Gasteiger partial charge in [0.25, 0.3) is 0 Å². The Balaban J connectivity index is 2.02. The molecule has 0 aliphatic heterocycles. The number of thiophene rings is 1. The summed E-state index contributed by atoms with van der Waals surface area (Å²) in [6, 6.07) is 11.1. The molecule has 1 heterocycles. The lowest BCUT2D eigenvalue weighted by atomic mass is 10.2. The molecular weight excluding hydrogens is 408 g/mol. The fourth-order valence-corrected chi connectivity index (χ4v) is 4.54. The lowest BCUT2D eigenvalue weighted by Crippen LogP contribution is -2.36. The highest BCUT2D eigenvalue weighted by Crippen LogP contribution is 2.16. The molecule has 0 fully saturated rings. The lowest BCUT2D eigenvalue weighted by Gasteiger charge is -2.11. The van der Waals surface area contributed by atoms with Crippen LogP contribution in [0.5, 0.6) is 0 Å². The Bertz CT molecular complexity index is 895. The first-order valence-corrected chi connectivity index (χ1v) is 12.0. The summed E-state index contributed by atoms with van der Waals surface area (Å²) in [5.41, 5.74) is 0.821. The van der Waals surface area contributed by atoms with Crippen molar-refractivity contribution in [1.29, 1.82) is 0 Å². The molecule has 2 rings (SSSR count). The van der Waals surface area contributed by atoms with Gasteiger partial charge < -0.3 is 15.4 Å². The van der Waals surface area contributed by atoms with Crippen LogP contribution in [-0.2, 0) is 34.3 Å². The van der Waals surface area contributed by atoms with Gasteiger partial charge in [0.1, 0.15) is 0 Å². The van der Waals surface area contributed by atoms with Crippen LogP contribution in [0.1, 0.15) is 29.2 Å². The molecule has 9 heteroatoms. The van der Waals surface area contributed by atoms with Crippen LogP contribution in [0, 0.1) is 0 Å².